The van der Waals surface area contributed by atoms with Gasteiger partial charge in [-0.05, 0) is 37.8 Å². The Balaban J connectivity index is 1.57. The van der Waals surface area contributed by atoms with Crippen LogP contribution in [-0.4, -0.2) is 24.2 Å². The number of hydrogen-bond donors (Lipinski definition) is 2. The van der Waals surface area contributed by atoms with E-state index < -0.39 is 0 Å². The van der Waals surface area contributed by atoms with Crippen molar-refractivity contribution in [2.75, 3.05) is 0 Å². The summed E-state index contributed by atoms with van der Waals surface area (Å²) < 4.78 is 0. The van der Waals surface area contributed by atoms with Crippen molar-refractivity contribution in [1.29, 1.82) is 0 Å². The Morgan fingerprint density at radius 2 is 1.07 bits per heavy atom. The van der Waals surface area contributed by atoms with Crippen LogP contribution in [0.1, 0.15) is 47.9 Å². The number of benzene rings is 2. The minimum atomic E-state index is -0.166. The molecule has 0 aliphatic heterocycles. The average molecular weight is 378 g/mol. The maximum atomic E-state index is 11.7. The van der Waals surface area contributed by atoms with Crippen LogP contribution in [0.3, 0.4) is 0 Å². The molecule has 2 aromatic rings. The molecule has 6 nitrogen and oxygen atoms in total. The molecule has 2 amide bonds. The van der Waals surface area contributed by atoms with Crippen molar-refractivity contribution in [3.63, 3.8) is 0 Å². The normalized spacial score (nSPS) is 11.1. The topological polar surface area (TPSA) is 82.9 Å². The first-order valence-electron chi connectivity index (χ1n) is 9.30. The van der Waals surface area contributed by atoms with Crippen molar-refractivity contribution < 1.29 is 9.59 Å². The largest absolute Gasteiger partial charge is 0.273 e. The van der Waals surface area contributed by atoms with Crippen molar-refractivity contribution in [1.82, 2.24) is 10.9 Å². The second kappa shape index (κ2) is 11.4. The van der Waals surface area contributed by atoms with E-state index in [1.807, 2.05) is 62.4 Å². The van der Waals surface area contributed by atoms with Gasteiger partial charge in [0.15, 0.2) is 0 Å². The number of carbonyl (C=O) groups excluding carboxylic acids is 2. The van der Waals surface area contributed by atoms with Crippen LogP contribution in [0.2, 0.25) is 0 Å². The third-order valence-corrected chi connectivity index (χ3v) is 4.02. The Labute approximate surface area is 165 Å². The second-order valence-electron chi connectivity index (χ2n) is 6.61. The predicted molar refractivity (Wildman–Crippen MR) is 112 cm³/mol. The summed E-state index contributed by atoms with van der Waals surface area (Å²) in [6.07, 6.45) is 5.09. The maximum Gasteiger partial charge on any atom is 0.240 e. The number of hydrazone groups is 2. The third-order valence-electron chi connectivity index (χ3n) is 4.02. The number of carbonyl (C=O) groups is 2. The summed E-state index contributed by atoms with van der Waals surface area (Å²) in [4.78, 5) is 23.5. The Morgan fingerprint density at radius 3 is 1.43 bits per heavy atom. The van der Waals surface area contributed by atoms with Crippen LogP contribution in [0.5, 0.6) is 0 Å². The SMILES string of the molecule is Cc1ccc(/C=N/NC(=O)CCCCC(=O)N/N=C/c2ccc(C)cc2)cc1. The third kappa shape index (κ3) is 8.40. The highest BCUT2D eigenvalue weighted by molar-refractivity contribution is 5.83. The number of unbranched alkanes of at least 4 members (excludes halogenated alkanes) is 1. The summed E-state index contributed by atoms with van der Waals surface area (Å²) in [5.41, 5.74) is 9.19. The number of hydrogen-bond acceptors (Lipinski definition) is 4. The van der Waals surface area contributed by atoms with Crippen LogP contribution in [0.25, 0.3) is 0 Å². The van der Waals surface area contributed by atoms with Crippen LogP contribution in [-0.2, 0) is 9.59 Å². The molecule has 2 N–H and O–H groups in total. The zero-order valence-electron chi connectivity index (χ0n) is 16.3. The van der Waals surface area contributed by atoms with Crippen LogP contribution in [0, 0.1) is 13.8 Å². The highest BCUT2D eigenvalue weighted by Crippen LogP contribution is 2.02. The minimum Gasteiger partial charge on any atom is -0.273 e. The maximum absolute atomic E-state index is 11.7. The highest BCUT2D eigenvalue weighted by atomic mass is 16.2. The minimum absolute atomic E-state index is 0.166. The summed E-state index contributed by atoms with van der Waals surface area (Å²) in [5, 5.41) is 7.87. The number of nitrogens with zero attached hydrogens (tertiary/aromatic N) is 2. The molecule has 0 aromatic heterocycles. The lowest BCUT2D eigenvalue weighted by Gasteiger charge is -2.01. The first-order chi connectivity index (χ1) is 13.5. The molecule has 0 saturated heterocycles. The van der Waals surface area contributed by atoms with Crippen molar-refractivity contribution >= 4 is 24.2 Å². The van der Waals surface area contributed by atoms with Gasteiger partial charge >= 0.3 is 0 Å². The van der Waals surface area contributed by atoms with E-state index >= 15 is 0 Å². The average Bonchev–Trinajstić information content (AvgIpc) is 2.68. The van der Waals surface area contributed by atoms with E-state index in [-0.39, 0.29) is 11.8 Å². The lowest BCUT2D eigenvalue weighted by atomic mass is 10.2. The fourth-order valence-electron chi connectivity index (χ4n) is 2.35. The molecule has 0 unspecified atom stereocenters. The molecule has 2 aromatic carbocycles. The summed E-state index contributed by atoms with van der Waals surface area (Å²) in [7, 11) is 0. The van der Waals surface area contributed by atoms with Gasteiger partial charge in [0.1, 0.15) is 0 Å². The molecule has 0 fully saturated rings. The zero-order valence-corrected chi connectivity index (χ0v) is 16.3. The van der Waals surface area contributed by atoms with Gasteiger partial charge in [0.05, 0.1) is 12.4 Å². The molecule has 146 valence electrons. The van der Waals surface area contributed by atoms with Gasteiger partial charge in [-0.25, -0.2) is 10.9 Å². The molecule has 28 heavy (non-hydrogen) atoms. The molecular weight excluding hydrogens is 352 g/mol. The Kier molecular flexibility index (Phi) is 8.59. The van der Waals surface area contributed by atoms with Crippen LogP contribution in [0.4, 0.5) is 0 Å². The highest BCUT2D eigenvalue weighted by Gasteiger charge is 2.03. The molecule has 6 heteroatoms. The van der Waals surface area contributed by atoms with E-state index in [4.69, 9.17) is 0 Å². The summed E-state index contributed by atoms with van der Waals surface area (Å²) in [5.74, 6) is -0.331. The Hall–Kier alpha value is -3.28. The van der Waals surface area contributed by atoms with E-state index in [2.05, 4.69) is 21.1 Å². The van der Waals surface area contributed by atoms with E-state index in [9.17, 15) is 9.59 Å². The number of amides is 2. The first kappa shape index (κ1) is 21.0. The van der Waals surface area contributed by atoms with E-state index in [0.29, 0.717) is 25.7 Å². The lowest BCUT2D eigenvalue weighted by Crippen LogP contribution is -2.19. The monoisotopic (exact) mass is 378 g/mol. The van der Waals surface area contributed by atoms with E-state index in [0.717, 1.165) is 11.1 Å². The molecule has 0 atom stereocenters. The lowest BCUT2D eigenvalue weighted by molar-refractivity contribution is -0.123. The molecule has 0 heterocycles. The van der Waals surface area contributed by atoms with E-state index in [1.165, 1.54) is 11.1 Å². The smallest absolute Gasteiger partial charge is 0.240 e. The molecule has 0 aliphatic rings. The predicted octanol–water partition coefficient (Wildman–Crippen LogP) is 3.46. The first-order valence-corrected chi connectivity index (χ1v) is 9.30. The zero-order chi connectivity index (χ0) is 20.2. The molecular formula is C22H26N4O2. The summed E-state index contributed by atoms with van der Waals surface area (Å²) in [6, 6.07) is 15.7. The summed E-state index contributed by atoms with van der Waals surface area (Å²) in [6.45, 7) is 4.03. The van der Waals surface area contributed by atoms with Gasteiger partial charge in [-0.1, -0.05) is 59.7 Å². The fraction of sp³-hybridized carbons (Fsp3) is 0.273. The molecule has 0 bridgehead atoms. The molecule has 0 saturated carbocycles. The summed E-state index contributed by atoms with van der Waals surface area (Å²) >= 11 is 0. The molecule has 2 rings (SSSR count). The molecule has 0 spiro atoms. The second-order valence-corrected chi connectivity index (χ2v) is 6.61. The van der Waals surface area contributed by atoms with Crippen molar-refractivity contribution in [3.05, 3.63) is 70.8 Å². The van der Waals surface area contributed by atoms with Crippen LogP contribution < -0.4 is 10.9 Å². The van der Waals surface area contributed by atoms with Gasteiger partial charge in [-0.15, -0.1) is 0 Å². The Bertz CT molecular complexity index is 753. The molecule has 0 aliphatic carbocycles. The van der Waals surface area contributed by atoms with Gasteiger partial charge in [-0.3, -0.25) is 9.59 Å². The van der Waals surface area contributed by atoms with Gasteiger partial charge in [0, 0.05) is 12.8 Å². The molecule has 0 radical (unpaired) electrons. The van der Waals surface area contributed by atoms with E-state index in [1.54, 1.807) is 12.4 Å². The van der Waals surface area contributed by atoms with Crippen molar-refractivity contribution in [2.45, 2.75) is 39.5 Å². The number of rotatable bonds is 9. The quantitative estimate of drug-likeness (QED) is 0.398. The van der Waals surface area contributed by atoms with Crippen LogP contribution in [0.15, 0.2) is 58.7 Å². The van der Waals surface area contributed by atoms with Gasteiger partial charge in [0.25, 0.3) is 0 Å². The van der Waals surface area contributed by atoms with Crippen molar-refractivity contribution in [2.24, 2.45) is 10.2 Å². The number of aryl methyl sites for hydroxylation is 2. The number of nitrogens with one attached hydrogen (secondary N) is 2. The van der Waals surface area contributed by atoms with Crippen LogP contribution >= 0.6 is 0 Å². The van der Waals surface area contributed by atoms with Gasteiger partial charge < -0.3 is 0 Å². The Morgan fingerprint density at radius 1 is 0.714 bits per heavy atom. The van der Waals surface area contributed by atoms with Crippen molar-refractivity contribution in [3.8, 4) is 0 Å². The van der Waals surface area contributed by atoms with Gasteiger partial charge in [0.2, 0.25) is 11.8 Å². The van der Waals surface area contributed by atoms with Gasteiger partial charge in [-0.2, -0.15) is 10.2 Å². The standard InChI is InChI=1S/C22H26N4O2/c1-17-7-11-19(12-8-17)15-23-25-21(27)5-3-4-6-22(28)26-24-16-20-13-9-18(2)10-14-20/h7-16H,3-6H2,1-2H3,(H,25,27)(H,26,28)/b23-15+,24-16+. The fourth-order valence-corrected chi connectivity index (χ4v) is 2.35.